The van der Waals surface area contributed by atoms with Crippen LogP contribution >= 0.6 is 0 Å². The number of sulfone groups is 1. The first-order valence-corrected chi connectivity index (χ1v) is 8.01. The van der Waals surface area contributed by atoms with Crippen molar-refractivity contribution in [2.75, 3.05) is 17.2 Å². The van der Waals surface area contributed by atoms with Gasteiger partial charge < -0.3 is 10.6 Å². The molecule has 2 heterocycles. The standard InChI is InChI=1S/C13H18N2O2S/c1-9-2-4-10(5-3-9)15-11-6-13(12(15)7-14)18(16,17)8-11/h2-5,11-13H,6-8,14H2,1H3. The second kappa shape index (κ2) is 3.96. The summed E-state index contributed by atoms with van der Waals surface area (Å²) in [4.78, 5) is 2.21. The summed E-state index contributed by atoms with van der Waals surface area (Å²) >= 11 is 0. The van der Waals surface area contributed by atoms with Gasteiger partial charge in [0, 0.05) is 18.3 Å². The Labute approximate surface area is 108 Å². The molecule has 1 aromatic carbocycles. The Morgan fingerprint density at radius 2 is 2.00 bits per heavy atom. The highest BCUT2D eigenvalue weighted by Crippen LogP contribution is 2.40. The zero-order valence-corrected chi connectivity index (χ0v) is 11.2. The third kappa shape index (κ3) is 1.65. The Bertz CT molecular complexity index is 553. The molecule has 98 valence electrons. The number of aryl methyl sites for hydroxylation is 1. The topological polar surface area (TPSA) is 63.4 Å². The summed E-state index contributed by atoms with van der Waals surface area (Å²) in [6.45, 7) is 2.44. The van der Waals surface area contributed by atoms with Gasteiger partial charge in [0.2, 0.25) is 0 Å². The molecule has 0 saturated carbocycles. The smallest absolute Gasteiger partial charge is 0.157 e. The van der Waals surface area contributed by atoms with Gasteiger partial charge in [-0.3, -0.25) is 0 Å². The lowest BCUT2D eigenvalue weighted by Gasteiger charge is -2.36. The molecule has 2 N–H and O–H groups in total. The number of hydrogen-bond donors (Lipinski definition) is 1. The minimum atomic E-state index is -2.92. The normalized spacial score (nSPS) is 33.0. The molecule has 0 aromatic heterocycles. The van der Waals surface area contributed by atoms with E-state index in [2.05, 4.69) is 29.2 Å². The molecule has 0 spiro atoms. The van der Waals surface area contributed by atoms with Crippen molar-refractivity contribution in [1.29, 1.82) is 0 Å². The highest BCUT2D eigenvalue weighted by atomic mass is 32.2. The zero-order chi connectivity index (χ0) is 12.9. The number of nitrogens with two attached hydrogens (primary N) is 1. The van der Waals surface area contributed by atoms with Gasteiger partial charge in [0.15, 0.2) is 9.84 Å². The maximum absolute atomic E-state index is 11.9. The maximum atomic E-state index is 11.9. The van der Waals surface area contributed by atoms with Crippen molar-refractivity contribution in [2.24, 2.45) is 5.73 Å². The number of benzene rings is 1. The summed E-state index contributed by atoms with van der Waals surface area (Å²) < 4.78 is 23.9. The Kier molecular flexibility index (Phi) is 2.64. The summed E-state index contributed by atoms with van der Waals surface area (Å²) in [5.41, 5.74) is 8.10. The molecule has 2 aliphatic heterocycles. The van der Waals surface area contributed by atoms with E-state index in [1.165, 1.54) is 5.56 Å². The second-order valence-corrected chi connectivity index (χ2v) is 7.57. The first-order chi connectivity index (χ1) is 8.53. The molecule has 2 fully saturated rings. The van der Waals surface area contributed by atoms with Crippen molar-refractivity contribution < 1.29 is 8.42 Å². The van der Waals surface area contributed by atoms with Crippen LogP contribution in [0.4, 0.5) is 5.69 Å². The molecule has 4 nitrogen and oxygen atoms in total. The van der Waals surface area contributed by atoms with Crippen LogP contribution in [0.3, 0.4) is 0 Å². The molecular formula is C13H18N2O2S. The molecule has 2 bridgehead atoms. The van der Waals surface area contributed by atoms with E-state index in [0.717, 1.165) is 12.1 Å². The molecule has 3 rings (SSSR count). The van der Waals surface area contributed by atoms with E-state index in [0.29, 0.717) is 6.54 Å². The minimum Gasteiger partial charge on any atom is -0.362 e. The van der Waals surface area contributed by atoms with E-state index in [-0.39, 0.29) is 23.1 Å². The highest BCUT2D eigenvalue weighted by Gasteiger charge is 2.54. The summed E-state index contributed by atoms with van der Waals surface area (Å²) in [5, 5.41) is -0.270. The van der Waals surface area contributed by atoms with Crippen LogP contribution in [-0.4, -0.2) is 38.0 Å². The lowest BCUT2D eigenvalue weighted by Crippen LogP contribution is -2.52. The van der Waals surface area contributed by atoms with Crippen LogP contribution in [0.1, 0.15) is 12.0 Å². The lowest BCUT2D eigenvalue weighted by molar-refractivity contribution is 0.556. The first-order valence-electron chi connectivity index (χ1n) is 6.29. The fourth-order valence-electron chi connectivity index (χ4n) is 3.30. The van der Waals surface area contributed by atoms with Crippen LogP contribution in [0.5, 0.6) is 0 Å². The molecule has 0 aliphatic carbocycles. The van der Waals surface area contributed by atoms with E-state index in [4.69, 9.17) is 5.73 Å². The van der Waals surface area contributed by atoms with E-state index < -0.39 is 9.84 Å². The van der Waals surface area contributed by atoms with Gasteiger partial charge in [-0.25, -0.2) is 8.42 Å². The predicted octanol–water partition coefficient (Wildman–Crippen LogP) is 0.698. The molecule has 5 heteroatoms. The molecule has 0 amide bonds. The second-order valence-electron chi connectivity index (χ2n) is 5.30. The van der Waals surface area contributed by atoms with Crippen molar-refractivity contribution >= 4 is 15.5 Å². The van der Waals surface area contributed by atoms with Crippen molar-refractivity contribution in [3.63, 3.8) is 0 Å². The number of hydrogen-bond acceptors (Lipinski definition) is 4. The molecule has 3 unspecified atom stereocenters. The van der Waals surface area contributed by atoms with Gasteiger partial charge in [-0.05, 0) is 25.5 Å². The fraction of sp³-hybridized carbons (Fsp3) is 0.538. The maximum Gasteiger partial charge on any atom is 0.157 e. The number of rotatable bonds is 2. The number of anilines is 1. The van der Waals surface area contributed by atoms with Gasteiger partial charge in [-0.1, -0.05) is 17.7 Å². The average Bonchev–Trinajstić information content (AvgIpc) is 2.82. The summed E-state index contributed by atoms with van der Waals surface area (Å²) in [6, 6.07) is 8.29. The van der Waals surface area contributed by atoms with Gasteiger partial charge in [0.25, 0.3) is 0 Å². The summed E-state index contributed by atoms with van der Waals surface area (Å²) in [7, 11) is -2.92. The van der Waals surface area contributed by atoms with Crippen molar-refractivity contribution in [2.45, 2.75) is 30.7 Å². The van der Waals surface area contributed by atoms with Gasteiger partial charge in [-0.15, -0.1) is 0 Å². The summed E-state index contributed by atoms with van der Waals surface area (Å²) in [5.74, 6) is 0.280. The van der Waals surface area contributed by atoms with Crippen LogP contribution in [0.25, 0.3) is 0 Å². The predicted molar refractivity (Wildman–Crippen MR) is 72.5 cm³/mol. The molecule has 1 aromatic rings. The third-order valence-electron chi connectivity index (χ3n) is 4.14. The number of fused-ring (bicyclic) bond motifs is 2. The molecule has 0 radical (unpaired) electrons. The Balaban J connectivity index is 1.97. The van der Waals surface area contributed by atoms with Crippen LogP contribution < -0.4 is 10.6 Å². The van der Waals surface area contributed by atoms with E-state index in [9.17, 15) is 8.42 Å². The lowest BCUT2D eigenvalue weighted by atomic mass is 10.2. The molecule has 2 saturated heterocycles. The Morgan fingerprint density at radius 3 is 2.61 bits per heavy atom. The van der Waals surface area contributed by atoms with Crippen LogP contribution in [0, 0.1) is 6.92 Å². The molecule has 2 aliphatic rings. The van der Waals surface area contributed by atoms with Gasteiger partial charge in [-0.2, -0.15) is 0 Å². The largest absolute Gasteiger partial charge is 0.362 e. The fourth-order valence-corrected chi connectivity index (χ4v) is 5.62. The summed E-state index contributed by atoms with van der Waals surface area (Å²) in [6.07, 6.45) is 0.734. The monoisotopic (exact) mass is 266 g/mol. The van der Waals surface area contributed by atoms with Crippen LogP contribution in [-0.2, 0) is 9.84 Å². The van der Waals surface area contributed by atoms with Crippen LogP contribution in [0.2, 0.25) is 0 Å². The van der Waals surface area contributed by atoms with Gasteiger partial charge in [0.1, 0.15) is 0 Å². The van der Waals surface area contributed by atoms with E-state index in [1.807, 2.05) is 6.92 Å². The van der Waals surface area contributed by atoms with Gasteiger partial charge in [0.05, 0.1) is 17.0 Å². The SMILES string of the molecule is Cc1ccc(N2C3CC(C2CN)S(=O)(=O)C3)cc1. The Morgan fingerprint density at radius 1 is 1.33 bits per heavy atom. The minimum absolute atomic E-state index is 0.0588. The number of nitrogens with zero attached hydrogens (tertiary/aromatic N) is 1. The van der Waals surface area contributed by atoms with Gasteiger partial charge >= 0.3 is 0 Å². The van der Waals surface area contributed by atoms with E-state index >= 15 is 0 Å². The Hall–Kier alpha value is -1.07. The van der Waals surface area contributed by atoms with Crippen molar-refractivity contribution in [3.05, 3.63) is 29.8 Å². The highest BCUT2D eigenvalue weighted by molar-refractivity contribution is 7.92. The van der Waals surface area contributed by atoms with E-state index in [1.54, 1.807) is 0 Å². The molecule has 18 heavy (non-hydrogen) atoms. The zero-order valence-electron chi connectivity index (χ0n) is 10.4. The molecular weight excluding hydrogens is 248 g/mol. The van der Waals surface area contributed by atoms with Crippen LogP contribution in [0.15, 0.2) is 24.3 Å². The first kappa shape index (κ1) is 12.0. The third-order valence-corrected chi connectivity index (χ3v) is 6.42. The quantitative estimate of drug-likeness (QED) is 0.856. The average molecular weight is 266 g/mol. The molecule has 3 atom stereocenters. The van der Waals surface area contributed by atoms with Crippen molar-refractivity contribution in [3.8, 4) is 0 Å². The van der Waals surface area contributed by atoms with Crippen molar-refractivity contribution in [1.82, 2.24) is 0 Å².